The number of fused-ring (bicyclic) bond motifs is 1. The van der Waals surface area contributed by atoms with Crippen LogP contribution >= 0.6 is 11.6 Å². The number of hydrogen-bond acceptors (Lipinski definition) is 6. The van der Waals surface area contributed by atoms with Crippen LogP contribution < -0.4 is 14.2 Å². The molecule has 1 atom stereocenters. The maximum absolute atomic E-state index is 12.9. The number of benzene rings is 3. The minimum absolute atomic E-state index is 0.0145. The summed E-state index contributed by atoms with van der Waals surface area (Å²) in [5, 5.41) is 11.9. The van der Waals surface area contributed by atoms with E-state index in [1.54, 1.807) is 42.5 Å². The Kier molecular flexibility index (Phi) is 5.88. The molecule has 0 spiro atoms. The van der Waals surface area contributed by atoms with E-state index in [0.29, 0.717) is 25.6 Å². The highest BCUT2D eigenvalue weighted by molar-refractivity contribution is 7.91. The van der Waals surface area contributed by atoms with Crippen molar-refractivity contribution in [3.05, 3.63) is 47.5 Å². The highest BCUT2D eigenvalue weighted by Crippen LogP contribution is 2.51. The molecule has 1 unspecified atom stereocenters. The Morgan fingerprint density at radius 3 is 2.14 bits per heavy atom. The molecule has 8 heteroatoms. The predicted octanol–water partition coefficient (Wildman–Crippen LogP) is 4.31. The van der Waals surface area contributed by atoms with Crippen LogP contribution in [0, 0.1) is 0 Å². The molecule has 0 bridgehead atoms. The van der Waals surface area contributed by atoms with Gasteiger partial charge in [-0.1, -0.05) is 11.6 Å². The Hall–Kier alpha value is -2.61. The number of esters is 1. The van der Waals surface area contributed by atoms with Gasteiger partial charge in [0, 0.05) is 40.0 Å². The number of ether oxygens (including phenoxy) is 3. The minimum Gasteiger partial charge on any atom is -0.606 e. The number of rotatable bonds is 5. The third kappa shape index (κ3) is 3.69. The van der Waals surface area contributed by atoms with Gasteiger partial charge in [-0.2, -0.15) is 0 Å². The summed E-state index contributed by atoms with van der Waals surface area (Å²) in [4.78, 5) is 12.6. The molecular formula is C20H17ClO6S. The second-order valence-corrected chi connectivity index (χ2v) is 7.68. The quantitative estimate of drug-likeness (QED) is 0.376. The van der Waals surface area contributed by atoms with Gasteiger partial charge in [-0.05, 0) is 36.4 Å². The van der Waals surface area contributed by atoms with E-state index in [1.165, 1.54) is 21.1 Å². The summed E-state index contributed by atoms with van der Waals surface area (Å²) in [7, 11) is 2.73. The molecule has 6 nitrogen and oxygen atoms in total. The van der Waals surface area contributed by atoms with E-state index in [2.05, 4.69) is 0 Å². The van der Waals surface area contributed by atoms with Gasteiger partial charge in [0.1, 0.15) is 0 Å². The number of aromatic hydroxyl groups is 1. The highest BCUT2D eigenvalue weighted by Gasteiger charge is 2.25. The second-order valence-electron chi connectivity index (χ2n) is 5.77. The molecule has 0 fully saturated rings. The molecule has 28 heavy (non-hydrogen) atoms. The molecule has 0 aliphatic rings. The normalized spacial score (nSPS) is 11.9. The molecule has 146 valence electrons. The summed E-state index contributed by atoms with van der Waals surface area (Å²) in [6, 6.07) is 11.4. The van der Waals surface area contributed by atoms with E-state index in [0.717, 1.165) is 0 Å². The molecule has 0 amide bonds. The topological polar surface area (TPSA) is 88.1 Å². The Balaban J connectivity index is 2.21. The molecule has 0 aliphatic heterocycles. The minimum atomic E-state index is -1.50. The Morgan fingerprint density at radius 2 is 1.57 bits per heavy atom. The third-order valence-electron chi connectivity index (χ3n) is 4.01. The van der Waals surface area contributed by atoms with Crippen molar-refractivity contribution in [1.82, 2.24) is 0 Å². The van der Waals surface area contributed by atoms with Gasteiger partial charge in [-0.25, -0.2) is 0 Å². The fraction of sp³-hybridized carbons (Fsp3) is 0.150. The van der Waals surface area contributed by atoms with Crippen molar-refractivity contribution < 1.29 is 28.7 Å². The van der Waals surface area contributed by atoms with Crippen LogP contribution in [-0.4, -0.2) is 29.8 Å². The number of phenolic OH excluding ortho intramolecular Hbond substituents is 1. The SMILES string of the molecule is COc1c(OC)c(OC(C)=O)c2ccc([S+]([O-])c3ccc(Cl)cc3)cc2c1O. The number of hydrogen-bond donors (Lipinski definition) is 1. The lowest BCUT2D eigenvalue weighted by Crippen LogP contribution is -2.06. The molecule has 3 rings (SSSR count). The van der Waals surface area contributed by atoms with Gasteiger partial charge in [0.15, 0.2) is 21.3 Å². The van der Waals surface area contributed by atoms with Crippen molar-refractivity contribution in [3.8, 4) is 23.0 Å². The zero-order valence-corrected chi connectivity index (χ0v) is 16.9. The first-order valence-corrected chi connectivity index (χ1v) is 9.66. The molecule has 0 aliphatic carbocycles. The van der Waals surface area contributed by atoms with Crippen LogP contribution in [0.15, 0.2) is 52.3 Å². The van der Waals surface area contributed by atoms with Crippen LogP contribution in [-0.2, 0) is 16.0 Å². The van der Waals surface area contributed by atoms with Crippen LogP contribution in [0.5, 0.6) is 23.0 Å². The molecule has 1 N–H and O–H groups in total. The van der Waals surface area contributed by atoms with Crippen LogP contribution in [0.2, 0.25) is 5.02 Å². The Labute approximate surface area is 169 Å². The van der Waals surface area contributed by atoms with Gasteiger partial charge in [0.05, 0.1) is 14.2 Å². The lowest BCUT2D eigenvalue weighted by molar-refractivity contribution is -0.131. The van der Waals surface area contributed by atoms with Crippen LogP contribution in [0.4, 0.5) is 0 Å². The molecule has 3 aromatic rings. The molecule has 0 heterocycles. The fourth-order valence-electron chi connectivity index (χ4n) is 2.80. The van der Waals surface area contributed by atoms with Crippen molar-refractivity contribution in [2.75, 3.05) is 14.2 Å². The predicted molar refractivity (Wildman–Crippen MR) is 106 cm³/mol. The number of phenols is 1. The average Bonchev–Trinajstić information content (AvgIpc) is 2.69. The highest BCUT2D eigenvalue weighted by atomic mass is 35.5. The zero-order valence-electron chi connectivity index (χ0n) is 15.3. The van der Waals surface area contributed by atoms with Gasteiger partial charge in [-0.3, -0.25) is 4.79 Å². The molecule has 0 saturated carbocycles. The number of halogens is 1. The largest absolute Gasteiger partial charge is 0.606 e. The van der Waals surface area contributed by atoms with Gasteiger partial charge in [-0.15, -0.1) is 0 Å². The van der Waals surface area contributed by atoms with Crippen molar-refractivity contribution in [2.45, 2.75) is 16.7 Å². The monoisotopic (exact) mass is 420 g/mol. The zero-order chi connectivity index (χ0) is 20.4. The van der Waals surface area contributed by atoms with Crippen LogP contribution in [0.3, 0.4) is 0 Å². The van der Waals surface area contributed by atoms with E-state index in [-0.39, 0.29) is 23.0 Å². The van der Waals surface area contributed by atoms with Gasteiger partial charge < -0.3 is 23.9 Å². The lowest BCUT2D eigenvalue weighted by atomic mass is 10.1. The molecule has 0 aromatic heterocycles. The third-order valence-corrected chi connectivity index (χ3v) is 5.65. The number of carbonyl (C=O) groups is 1. The smallest absolute Gasteiger partial charge is 0.308 e. The summed E-state index contributed by atoms with van der Waals surface area (Å²) in [5.74, 6) is -0.542. The van der Waals surface area contributed by atoms with Crippen LogP contribution in [0.25, 0.3) is 10.8 Å². The van der Waals surface area contributed by atoms with E-state index in [9.17, 15) is 14.5 Å². The summed E-state index contributed by atoms with van der Waals surface area (Å²) in [6.07, 6.45) is 0. The van der Waals surface area contributed by atoms with Crippen LogP contribution in [0.1, 0.15) is 6.92 Å². The van der Waals surface area contributed by atoms with E-state index in [4.69, 9.17) is 25.8 Å². The number of carbonyl (C=O) groups excluding carboxylic acids is 1. The molecule has 0 radical (unpaired) electrons. The van der Waals surface area contributed by atoms with Gasteiger partial charge in [0.25, 0.3) is 0 Å². The van der Waals surface area contributed by atoms with E-state index in [1.807, 2.05) is 0 Å². The summed E-state index contributed by atoms with van der Waals surface area (Å²) in [6.45, 7) is 1.26. The molecular weight excluding hydrogens is 404 g/mol. The van der Waals surface area contributed by atoms with Crippen molar-refractivity contribution in [3.63, 3.8) is 0 Å². The van der Waals surface area contributed by atoms with Crippen molar-refractivity contribution in [2.24, 2.45) is 0 Å². The Bertz CT molecular complexity index is 1040. The summed E-state index contributed by atoms with van der Waals surface area (Å²) in [5.41, 5.74) is 0. The standard InChI is InChI=1S/C20H17ClO6S/c1-11(22)27-18-15-9-8-14(28(24)13-6-4-12(21)5-7-13)10-16(15)17(23)19(25-2)20(18)26-3/h4-10,23H,1-3H3. The van der Waals surface area contributed by atoms with E-state index >= 15 is 0 Å². The van der Waals surface area contributed by atoms with Crippen molar-refractivity contribution >= 4 is 39.5 Å². The van der Waals surface area contributed by atoms with E-state index < -0.39 is 17.1 Å². The second kappa shape index (κ2) is 8.18. The summed E-state index contributed by atoms with van der Waals surface area (Å²) >= 11 is 4.38. The maximum Gasteiger partial charge on any atom is 0.308 e. The fourth-order valence-corrected chi connectivity index (χ4v) is 4.00. The lowest BCUT2D eigenvalue weighted by Gasteiger charge is -2.17. The Morgan fingerprint density at radius 1 is 0.964 bits per heavy atom. The van der Waals surface area contributed by atoms with Crippen molar-refractivity contribution in [1.29, 1.82) is 0 Å². The summed E-state index contributed by atoms with van der Waals surface area (Å²) < 4.78 is 28.7. The maximum atomic E-state index is 12.9. The first-order chi connectivity index (χ1) is 13.4. The first-order valence-electron chi connectivity index (χ1n) is 8.13. The average molecular weight is 421 g/mol. The molecule has 3 aromatic carbocycles. The first kappa shape index (κ1) is 20.1. The number of methoxy groups -OCH3 is 2. The van der Waals surface area contributed by atoms with Gasteiger partial charge >= 0.3 is 5.97 Å². The molecule has 0 saturated heterocycles. The van der Waals surface area contributed by atoms with Gasteiger partial charge in [0.2, 0.25) is 11.5 Å².